The first kappa shape index (κ1) is 13.1. The number of methoxy groups -OCH3 is 1. The van der Waals surface area contributed by atoms with Crippen LogP contribution in [0.2, 0.25) is 5.02 Å². The number of hydrogen-bond acceptors (Lipinski definition) is 5. The van der Waals surface area contributed by atoms with E-state index >= 15 is 0 Å². The normalized spacial score (nSPS) is 9.79. The highest BCUT2D eigenvalue weighted by molar-refractivity contribution is 6.30. The number of ether oxygens (including phenoxy) is 1. The number of rotatable bonds is 4. The number of hydrazine groups is 1. The first-order valence-electron chi connectivity index (χ1n) is 5.37. The number of nitrogens with zero attached hydrogens (tertiary/aromatic N) is 2. The van der Waals surface area contributed by atoms with E-state index in [1.54, 1.807) is 24.3 Å². The lowest BCUT2D eigenvalue weighted by Crippen LogP contribution is -2.30. The number of halogens is 1. The van der Waals surface area contributed by atoms with Crippen molar-refractivity contribution < 1.29 is 9.53 Å². The summed E-state index contributed by atoms with van der Waals surface area (Å²) in [6, 6.07) is 6.88. The highest BCUT2D eigenvalue weighted by atomic mass is 35.5. The second-order valence-corrected chi connectivity index (χ2v) is 3.94. The van der Waals surface area contributed by atoms with Crippen LogP contribution in [0.1, 0.15) is 10.4 Å². The highest BCUT2D eigenvalue weighted by Gasteiger charge is 2.11. The molecule has 7 heteroatoms. The number of benzene rings is 1. The molecule has 0 aliphatic rings. The van der Waals surface area contributed by atoms with Gasteiger partial charge in [0.05, 0.1) is 30.1 Å². The van der Waals surface area contributed by atoms with Gasteiger partial charge in [0.25, 0.3) is 5.91 Å². The molecule has 2 N–H and O–H groups in total. The number of hydrogen-bond donors (Lipinski definition) is 2. The lowest BCUT2D eigenvalue weighted by molar-refractivity contribution is 0.0959. The molecule has 98 valence electrons. The van der Waals surface area contributed by atoms with Crippen LogP contribution in [0.25, 0.3) is 0 Å². The third-order valence-corrected chi connectivity index (χ3v) is 2.45. The minimum Gasteiger partial charge on any atom is -0.496 e. The van der Waals surface area contributed by atoms with Gasteiger partial charge in [0.1, 0.15) is 5.75 Å². The average Bonchev–Trinajstić information content (AvgIpc) is 2.46. The van der Waals surface area contributed by atoms with E-state index in [0.717, 1.165) is 0 Å². The van der Waals surface area contributed by atoms with Gasteiger partial charge in [-0.25, -0.2) is 9.97 Å². The van der Waals surface area contributed by atoms with Gasteiger partial charge < -0.3 is 4.74 Å². The van der Waals surface area contributed by atoms with E-state index in [2.05, 4.69) is 20.8 Å². The van der Waals surface area contributed by atoms with Gasteiger partial charge in [-0.1, -0.05) is 23.7 Å². The first-order valence-corrected chi connectivity index (χ1v) is 5.75. The average molecular weight is 279 g/mol. The zero-order chi connectivity index (χ0) is 13.7. The maximum absolute atomic E-state index is 11.9. The van der Waals surface area contributed by atoms with Crippen LogP contribution < -0.4 is 15.6 Å². The van der Waals surface area contributed by atoms with Crippen LogP contribution >= 0.6 is 11.6 Å². The zero-order valence-electron chi connectivity index (χ0n) is 10.1. The summed E-state index contributed by atoms with van der Waals surface area (Å²) in [7, 11) is 1.50. The molecular formula is C12H11ClN4O2. The van der Waals surface area contributed by atoms with Gasteiger partial charge in [-0.2, -0.15) is 0 Å². The molecule has 1 amide bonds. The van der Waals surface area contributed by atoms with E-state index < -0.39 is 0 Å². The maximum atomic E-state index is 11.9. The lowest BCUT2D eigenvalue weighted by Gasteiger charge is -2.09. The minimum absolute atomic E-state index is 0.243. The monoisotopic (exact) mass is 278 g/mol. The molecule has 0 aliphatic heterocycles. The molecule has 6 nitrogen and oxygen atoms in total. The number of nitrogens with one attached hydrogen (secondary N) is 2. The van der Waals surface area contributed by atoms with Crippen molar-refractivity contribution in [3.63, 3.8) is 0 Å². The molecule has 0 atom stereocenters. The van der Waals surface area contributed by atoms with Gasteiger partial charge in [-0.3, -0.25) is 15.6 Å². The number of amides is 1. The molecule has 1 heterocycles. The van der Waals surface area contributed by atoms with E-state index in [1.807, 2.05) is 0 Å². The van der Waals surface area contributed by atoms with Gasteiger partial charge in [0.15, 0.2) is 0 Å². The van der Waals surface area contributed by atoms with Gasteiger partial charge in [-0.05, 0) is 12.1 Å². The van der Waals surface area contributed by atoms with E-state index in [-0.39, 0.29) is 11.9 Å². The van der Waals surface area contributed by atoms with Crippen LogP contribution in [0.3, 0.4) is 0 Å². The fourth-order valence-corrected chi connectivity index (χ4v) is 1.49. The summed E-state index contributed by atoms with van der Waals surface area (Å²) < 4.78 is 5.10. The number of carbonyl (C=O) groups is 1. The summed E-state index contributed by atoms with van der Waals surface area (Å²) in [6.45, 7) is 0. The standard InChI is InChI=1S/C12H11ClN4O2/c1-19-10-5-3-2-4-9(10)11(18)16-17-12-14-6-8(13)7-15-12/h2-7H,1H3,(H,16,18)(H,14,15,17). The summed E-state index contributed by atoms with van der Waals surface area (Å²) >= 11 is 5.65. The maximum Gasteiger partial charge on any atom is 0.273 e. The van der Waals surface area contributed by atoms with E-state index in [4.69, 9.17) is 16.3 Å². The van der Waals surface area contributed by atoms with Crippen molar-refractivity contribution in [2.75, 3.05) is 12.5 Å². The molecule has 2 aromatic rings. The summed E-state index contributed by atoms with van der Waals surface area (Å²) in [5, 5.41) is 0.418. The van der Waals surface area contributed by atoms with Crippen LogP contribution in [0.15, 0.2) is 36.7 Å². The van der Waals surface area contributed by atoms with E-state index in [0.29, 0.717) is 16.3 Å². The molecule has 0 radical (unpaired) electrons. The Hall–Kier alpha value is -2.34. The molecule has 1 aromatic heterocycles. The molecule has 0 aliphatic carbocycles. The van der Waals surface area contributed by atoms with Gasteiger partial charge >= 0.3 is 0 Å². The van der Waals surface area contributed by atoms with Crippen LogP contribution in [0.5, 0.6) is 5.75 Å². The fourth-order valence-electron chi connectivity index (χ4n) is 1.39. The fraction of sp³-hybridized carbons (Fsp3) is 0.0833. The molecule has 0 unspecified atom stereocenters. The molecule has 0 saturated carbocycles. The van der Waals surface area contributed by atoms with Crippen molar-refractivity contribution in [1.29, 1.82) is 0 Å². The smallest absolute Gasteiger partial charge is 0.273 e. The van der Waals surface area contributed by atoms with Crippen molar-refractivity contribution >= 4 is 23.5 Å². The third-order valence-electron chi connectivity index (χ3n) is 2.26. The van der Waals surface area contributed by atoms with E-state index in [9.17, 15) is 4.79 Å². The minimum atomic E-state index is -0.351. The van der Waals surface area contributed by atoms with Crippen LogP contribution in [0.4, 0.5) is 5.95 Å². The first-order chi connectivity index (χ1) is 9.20. The van der Waals surface area contributed by atoms with Crippen molar-refractivity contribution in [2.45, 2.75) is 0 Å². The summed E-state index contributed by atoms with van der Waals surface area (Å²) in [4.78, 5) is 19.7. The number of para-hydroxylation sites is 1. The largest absolute Gasteiger partial charge is 0.496 e. The Morgan fingerprint density at radius 2 is 1.95 bits per heavy atom. The molecule has 0 saturated heterocycles. The predicted octanol–water partition coefficient (Wildman–Crippen LogP) is 1.90. The number of carbonyl (C=O) groups excluding carboxylic acids is 1. The Labute approximate surface area is 114 Å². The van der Waals surface area contributed by atoms with Crippen molar-refractivity contribution in [1.82, 2.24) is 15.4 Å². The Morgan fingerprint density at radius 3 is 2.63 bits per heavy atom. The molecule has 0 fully saturated rings. The Balaban J connectivity index is 2.03. The molecule has 19 heavy (non-hydrogen) atoms. The van der Waals surface area contributed by atoms with Crippen LogP contribution in [-0.2, 0) is 0 Å². The second-order valence-electron chi connectivity index (χ2n) is 3.50. The van der Waals surface area contributed by atoms with Gasteiger partial charge in [0.2, 0.25) is 5.95 Å². The van der Waals surface area contributed by atoms with E-state index in [1.165, 1.54) is 19.5 Å². The SMILES string of the molecule is COc1ccccc1C(=O)NNc1ncc(Cl)cn1. The summed E-state index contributed by atoms with van der Waals surface area (Å²) in [5.41, 5.74) is 5.47. The lowest BCUT2D eigenvalue weighted by atomic mass is 10.2. The van der Waals surface area contributed by atoms with Crippen molar-refractivity contribution in [2.24, 2.45) is 0 Å². The summed E-state index contributed by atoms with van der Waals surface area (Å²) in [5.74, 6) is 0.377. The predicted molar refractivity (Wildman–Crippen MR) is 71.1 cm³/mol. The molecule has 0 bridgehead atoms. The third kappa shape index (κ3) is 3.32. The number of aromatic nitrogens is 2. The molecule has 1 aromatic carbocycles. The van der Waals surface area contributed by atoms with Crippen LogP contribution in [-0.4, -0.2) is 23.0 Å². The molecular weight excluding hydrogens is 268 g/mol. The Kier molecular flexibility index (Phi) is 4.15. The molecule has 0 spiro atoms. The van der Waals surface area contributed by atoms with Gasteiger partial charge in [0, 0.05) is 0 Å². The highest BCUT2D eigenvalue weighted by Crippen LogP contribution is 2.16. The quantitative estimate of drug-likeness (QED) is 0.836. The zero-order valence-corrected chi connectivity index (χ0v) is 10.8. The van der Waals surface area contributed by atoms with Crippen LogP contribution in [0, 0.1) is 0 Å². The topological polar surface area (TPSA) is 76.1 Å². The Bertz CT molecular complexity index is 574. The Morgan fingerprint density at radius 1 is 1.26 bits per heavy atom. The van der Waals surface area contributed by atoms with Crippen molar-refractivity contribution in [3.8, 4) is 5.75 Å². The number of anilines is 1. The van der Waals surface area contributed by atoms with Crippen molar-refractivity contribution in [3.05, 3.63) is 47.2 Å². The molecule has 2 rings (SSSR count). The summed E-state index contributed by atoms with van der Waals surface area (Å²) in [6.07, 6.45) is 2.85. The van der Waals surface area contributed by atoms with Gasteiger partial charge in [-0.15, -0.1) is 0 Å². The second kappa shape index (κ2) is 6.01.